The Morgan fingerprint density at radius 1 is 1.00 bits per heavy atom. The molecule has 0 atom stereocenters. The van der Waals surface area contributed by atoms with Gasteiger partial charge in [0.1, 0.15) is 0 Å². The fraction of sp³-hybridized carbons (Fsp3) is 0.647. The van der Waals surface area contributed by atoms with Crippen molar-refractivity contribution in [3.05, 3.63) is 24.3 Å². The topological polar surface area (TPSA) is 12.0 Å². The van der Waals surface area contributed by atoms with Crippen molar-refractivity contribution in [2.24, 2.45) is 5.41 Å². The first-order valence-electron chi connectivity index (χ1n) is 7.70. The Hall–Kier alpha value is -0.630. The van der Waals surface area contributed by atoms with Crippen molar-refractivity contribution >= 4 is 17.4 Å². The zero-order valence-corrected chi connectivity index (χ0v) is 12.8. The van der Waals surface area contributed by atoms with Crippen LogP contribution in [0.5, 0.6) is 0 Å². The average molecular weight is 275 g/mol. The second kappa shape index (κ2) is 5.78. The highest BCUT2D eigenvalue weighted by Crippen LogP contribution is 2.49. The second-order valence-corrected chi connectivity index (χ2v) is 7.23. The van der Waals surface area contributed by atoms with Crippen molar-refractivity contribution in [3.63, 3.8) is 0 Å². The molecular weight excluding hydrogens is 250 g/mol. The lowest BCUT2D eigenvalue weighted by molar-refractivity contribution is 0.188. The van der Waals surface area contributed by atoms with Gasteiger partial charge < -0.3 is 5.32 Å². The van der Waals surface area contributed by atoms with Crippen LogP contribution in [-0.2, 0) is 0 Å². The van der Waals surface area contributed by atoms with Gasteiger partial charge in [-0.05, 0) is 74.5 Å². The van der Waals surface area contributed by atoms with E-state index in [2.05, 4.69) is 35.8 Å². The van der Waals surface area contributed by atoms with E-state index in [0.717, 1.165) is 5.41 Å². The van der Waals surface area contributed by atoms with Crippen LogP contribution in [0.25, 0.3) is 0 Å². The molecule has 0 aromatic heterocycles. The van der Waals surface area contributed by atoms with Crippen LogP contribution in [-0.4, -0.2) is 12.3 Å². The Bertz CT molecular complexity index is 396. The van der Waals surface area contributed by atoms with E-state index >= 15 is 0 Å². The highest BCUT2D eigenvalue weighted by molar-refractivity contribution is 7.98. The third kappa shape index (κ3) is 3.10. The van der Waals surface area contributed by atoms with E-state index in [-0.39, 0.29) is 0 Å². The summed E-state index contributed by atoms with van der Waals surface area (Å²) < 4.78 is 0. The Morgan fingerprint density at radius 2 is 1.63 bits per heavy atom. The molecule has 3 rings (SSSR count). The molecule has 0 saturated heterocycles. The van der Waals surface area contributed by atoms with Gasteiger partial charge in [-0.2, -0.15) is 0 Å². The van der Waals surface area contributed by atoms with Crippen LogP contribution in [0, 0.1) is 5.41 Å². The summed E-state index contributed by atoms with van der Waals surface area (Å²) in [6.45, 7) is 0. The molecule has 0 bridgehead atoms. The minimum absolute atomic E-state index is 0.700. The predicted octanol–water partition coefficient (Wildman–Crippen LogP) is 5.32. The molecular formula is C17H25NS. The first-order chi connectivity index (χ1) is 9.30. The fourth-order valence-electron chi connectivity index (χ4n) is 3.92. The number of anilines is 1. The third-order valence-electron chi connectivity index (χ3n) is 5.17. The van der Waals surface area contributed by atoms with Crippen LogP contribution in [0.2, 0.25) is 0 Å². The van der Waals surface area contributed by atoms with Gasteiger partial charge in [0.15, 0.2) is 0 Å². The van der Waals surface area contributed by atoms with E-state index in [1.165, 1.54) is 61.9 Å². The van der Waals surface area contributed by atoms with Crippen molar-refractivity contribution in [2.45, 2.75) is 62.3 Å². The molecule has 1 spiro atoms. The van der Waals surface area contributed by atoms with Crippen LogP contribution < -0.4 is 5.32 Å². The summed E-state index contributed by atoms with van der Waals surface area (Å²) in [6.07, 6.45) is 13.7. The van der Waals surface area contributed by atoms with Gasteiger partial charge in [0, 0.05) is 16.6 Å². The second-order valence-electron chi connectivity index (χ2n) is 6.35. The first kappa shape index (κ1) is 13.4. The maximum Gasteiger partial charge on any atom is 0.0343 e. The van der Waals surface area contributed by atoms with Crippen LogP contribution in [0.4, 0.5) is 5.69 Å². The molecule has 2 fully saturated rings. The predicted molar refractivity (Wildman–Crippen MR) is 85.0 cm³/mol. The van der Waals surface area contributed by atoms with Gasteiger partial charge in [-0.15, -0.1) is 11.8 Å². The Labute approximate surface area is 121 Å². The van der Waals surface area contributed by atoms with Crippen LogP contribution in [0.3, 0.4) is 0 Å². The molecule has 0 aliphatic heterocycles. The number of nitrogens with one attached hydrogen (secondary N) is 1. The summed E-state index contributed by atoms with van der Waals surface area (Å²) in [5.41, 5.74) is 2.05. The lowest BCUT2D eigenvalue weighted by atomic mass is 9.71. The molecule has 2 aliphatic rings. The molecule has 0 radical (unpaired) electrons. The van der Waals surface area contributed by atoms with Gasteiger partial charge in [0.05, 0.1) is 0 Å². The number of rotatable bonds is 3. The van der Waals surface area contributed by atoms with Crippen LogP contribution in [0.15, 0.2) is 29.2 Å². The lowest BCUT2D eigenvalue weighted by Gasteiger charge is -2.37. The monoisotopic (exact) mass is 275 g/mol. The first-order valence-corrected chi connectivity index (χ1v) is 8.93. The number of benzene rings is 1. The molecule has 1 N–H and O–H groups in total. The van der Waals surface area contributed by atoms with E-state index in [4.69, 9.17) is 0 Å². The molecule has 1 nitrogen and oxygen atoms in total. The molecule has 0 amide bonds. The number of hydrogen-bond donors (Lipinski definition) is 1. The molecule has 2 saturated carbocycles. The number of thioether (sulfide) groups is 1. The fourth-order valence-corrected chi connectivity index (χ4v) is 4.33. The zero-order chi connectivity index (χ0) is 13.1. The summed E-state index contributed by atoms with van der Waals surface area (Å²) in [5, 5.41) is 3.73. The highest BCUT2D eigenvalue weighted by Gasteiger charge is 2.37. The van der Waals surface area contributed by atoms with E-state index in [1.807, 2.05) is 11.8 Å². The van der Waals surface area contributed by atoms with Crippen molar-refractivity contribution in [3.8, 4) is 0 Å². The Kier molecular flexibility index (Phi) is 4.07. The smallest absolute Gasteiger partial charge is 0.0343 e. The maximum absolute atomic E-state index is 3.73. The Balaban J connectivity index is 1.53. The van der Waals surface area contributed by atoms with Crippen molar-refractivity contribution in [1.29, 1.82) is 0 Å². The summed E-state index contributed by atoms with van der Waals surface area (Å²) in [4.78, 5) is 1.35. The molecule has 104 valence electrons. The van der Waals surface area contributed by atoms with Crippen LogP contribution >= 0.6 is 11.8 Å². The summed E-state index contributed by atoms with van der Waals surface area (Å²) >= 11 is 1.81. The molecule has 0 unspecified atom stereocenters. The maximum atomic E-state index is 3.73. The third-order valence-corrected chi connectivity index (χ3v) is 5.91. The summed E-state index contributed by atoms with van der Waals surface area (Å²) in [5.74, 6) is 0. The minimum Gasteiger partial charge on any atom is -0.382 e. The average Bonchev–Trinajstić information content (AvgIpc) is 2.91. The summed E-state index contributed by atoms with van der Waals surface area (Å²) in [6, 6.07) is 9.59. The van der Waals surface area contributed by atoms with Gasteiger partial charge in [0.25, 0.3) is 0 Å². The molecule has 1 aromatic carbocycles. The van der Waals surface area contributed by atoms with E-state index in [1.54, 1.807) is 0 Å². The Morgan fingerprint density at radius 3 is 2.21 bits per heavy atom. The van der Waals surface area contributed by atoms with Gasteiger partial charge >= 0.3 is 0 Å². The summed E-state index contributed by atoms with van der Waals surface area (Å²) in [7, 11) is 0. The standard InChI is InChI=1S/C17H25NS/c1-19-16-6-4-14(5-7-16)18-15-8-12-17(13-9-15)10-2-3-11-17/h4-7,15,18H,2-3,8-13H2,1H3. The van der Waals surface area contributed by atoms with Crippen LogP contribution in [0.1, 0.15) is 51.4 Å². The molecule has 0 heterocycles. The molecule has 2 heteroatoms. The largest absolute Gasteiger partial charge is 0.382 e. The van der Waals surface area contributed by atoms with Crippen molar-refractivity contribution < 1.29 is 0 Å². The zero-order valence-electron chi connectivity index (χ0n) is 12.0. The minimum atomic E-state index is 0.700. The van der Waals surface area contributed by atoms with Crippen molar-refractivity contribution in [2.75, 3.05) is 11.6 Å². The van der Waals surface area contributed by atoms with Gasteiger partial charge in [-0.3, -0.25) is 0 Å². The number of hydrogen-bond acceptors (Lipinski definition) is 2. The highest BCUT2D eigenvalue weighted by atomic mass is 32.2. The van der Waals surface area contributed by atoms with E-state index in [0.29, 0.717) is 6.04 Å². The molecule has 2 aliphatic carbocycles. The van der Waals surface area contributed by atoms with E-state index < -0.39 is 0 Å². The van der Waals surface area contributed by atoms with Gasteiger partial charge in [-0.25, -0.2) is 0 Å². The van der Waals surface area contributed by atoms with Gasteiger partial charge in [-0.1, -0.05) is 12.8 Å². The molecule has 1 aromatic rings. The lowest BCUT2D eigenvalue weighted by Crippen LogP contribution is -2.31. The van der Waals surface area contributed by atoms with Gasteiger partial charge in [0.2, 0.25) is 0 Å². The van der Waals surface area contributed by atoms with E-state index in [9.17, 15) is 0 Å². The quantitative estimate of drug-likeness (QED) is 0.749. The molecule has 19 heavy (non-hydrogen) atoms. The van der Waals surface area contributed by atoms with Crippen molar-refractivity contribution in [1.82, 2.24) is 0 Å². The normalized spacial score (nSPS) is 22.8. The SMILES string of the molecule is CSc1ccc(NC2CCC3(CCCC3)CC2)cc1.